The highest BCUT2D eigenvalue weighted by Gasteiger charge is 2.16. The molecule has 0 fully saturated rings. The van der Waals surface area contributed by atoms with Crippen LogP contribution in [0.4, 0.5) is 4.39 Å². The highest BCUT2D eigenvalue weighted by molar-refractivity contribution is 5.79. The number of nitrogens with one attached hydrogen (secondary N) is 1. The average Bonchev–Trinajstić information content (AvgIpc) is 2.67. The van der Waals surface area contributed by atoms with Gasteiger partial charge in [0.05, 0.1) is 14.2 Å². The van der Waals surface area contributed by atoms with Crippen LogP contribution < -0.4 is 15.0 Å². The third-order valence-electron chi connectivity index (χ3n) is 4.00. The van der Waals surface area contributed by atoms with Gasteiger partial charge in [0.15, 0.2) is 0 Å². The summed E-state index contributed by atoms with van der Waals surface area (Å²) in [5.74, 6) is 0.686. The Morgan fingerprint density at radius 2 is 1.73 bits per heavy atom. The van der Waals surface area contributed by atoms with Gasteiger partial charge >= 0.3 is 0 Å². The molecule has 1 aromatic heterocycles. The molecule has 26 heavy (non-hydrogen) atoms. The van der Waals surface area contributed by atoms with Crippen molar-refractivity contribution in [2.45, 2.75) is 0 Å². The van der Waals surface area contributed by atoms with Crippen LogP contribution in [0.3, 0.4) is 0 Å². The Morgan fingerprint density at radius 1 is 1.00 bits per heavy atom. The molecule has 0 saturated carbocycles. The maximum atomic E-state index is 13.2. The third kappa shape index (κ3) is 3.15. The number of benzene rings is 2. The number of nitrogens with zero attached hydrogens (tertiary/aromatic N) is 1. The second kappa shape index (κ2) is 7.11. The summed E-state index contributed by atoms with van der Waals surface area (Å²) >= 11 is 0. The SMILES string of the molecule is COc1ccc(-c2cc(-c3ccc(F)cc3)[nH]c(=O)c2C#N)c(OC)c1. The first-order valence-corrected chi connectivity index (χ1v) is 7.73. The molecule has 0 spiro atoms. The van der Waals surface area contributed by atoms with Crippen LogP contribution in [0.25, 0.3) is 22.4 Å². The van der Waals surface area contributed by atoms with Crippen LogP contribution in [0.2, 0.25) is 0 Å². The predicted octanol–water partition coefficient (Wildman–Crippen LogP) is 3.74. The number of hydrogen-bond donors (Lipinski definition) is 1. The van der Waals surface area contributed by atoms with E-state index in [0.717, 1.165) is 0 Å². The van der Waals surface area contributed by atoms with Gasteiger partial charge in [-0.15, -0.1) is 0 Å². The first-order chi connectivity index (χ1) is 12.6. The van der Waals surface area contributed by atoms with E-state index < -0.39 is 5.56 Å². The molecule has 0 bridgehead atoms. The molecule has 6 heteroatoms. The Kier molecular flexibility index (Phi) is 4.72. The van der Waals surface area contributed by atoms with E-state index in [2.05, 4.69) is 4.98 Å². The monoisotopic (exact) mass is 350 g/mol. The topological polar surface area (TPSA) is 75.1 Å². The molecule has 0 unspecified atom stereocenters. The number of aromatic nitrogens is 1. The molecule has 0 saturated heterocycles. The fourth-order valence-corrected chi connectivity index (χ4v) is 2.69. The summed E-state index contributed by atoms with van der Waals surface area (Å²) in [7, 11) is 3.04. The maximum absolute atomic E-state index is 13.2. The zero-order valence-electron chi connectivity index (χ0n) is 14.2. The van der Waals surface area contributed by atoms with Crippen molar-refractivity contribution in [2.75, 3.05) is 14.2 Å². The van der Waals surface area contributed by atoms with Gasteiger partial charge in [-0.25, -0.2) is 4.39 Å². The van der Waals surface area contributed by atoms with E-state index in [-0.39, 0.29) is 11.4 Å². The summed E-state index contributed by atoms with van der Waals surface area (Å²) in [5.41, 5.74) is 1.56. The summed E-state index contributed by atoms with van der Waals surface area (Å²) in [4.78, 5) is 15.1. The van der Waals surface area contributed by atoms with E-state index in [1.165, 1.54) is 26.4 Å². The molecule has 3 aromatic rings. The zero-order chi connectivity index (χ0) is 18.7. The van der Waals surface area contributed by atoms with Crippen molar-refractivity contribution in [3.05, 3.63) is 70.3 Å². The molecule has 2 aromatic carbocycles. The van der Waals surface area contributed by atoms with Gasteiger partial charge in [-0.3, -0.25) is 4.79 Å². The molecule has 0 radical (unpaired) electrons. The molecule has 3 rings (SSSR count). The van der Waals surface area contributed by atoms with Crippen molar-refractivity contribution in [3.8, 4) is 40.0 Å². The number of aromatic amines is 1. The van der Waals surface area contributed by atoms with Crippen LogP contribution in [0, 0.1) is 17.1 Å². The van der Waals surface area contributed by atoms with Crippen LogP contribution in [-0.2, 0) is 0 Å². The second-order valence-corrected chi connectivity index (χ2v) is 5.49. The number of hydrogen-bond acceptors (Lipinski definition) is 4. The fraction of sp³-hybridized carbons (Fsp3) is 0.100. The maximum Gasteiger partial charge on any atom is 0.266 e. The lowest BCUT2D eigenvalue weighted by Crippen LogP contribution is -2.13. The molecular weight excluding hydrogens is 335 g/mol. The smallest absolute Gasteiger partial charge is 0.266 e. The van der Waals surface area contributed by atoms with Gasteiger partial charge in [-0.2, -0.15) is 5.26 Å². The first-order valence-electron chi connectivity index (χ1n) is 7.73. The summed E-state index contributed by atoms with van der Waals surface area (Å²) in [6.07, 6.45) is 0. The van der Waals surface area contributed by atoms with Crippen molar-refractivity contribution < 1.29 is 13.9 Å². The van der Waals surface area contributed by atoms with Gasteiger partial charge in [-0.1, -0.05) is 0 Å². The van der Waals surface area contributed by atoms with Gasteiger partial charge in [0.2, 0.25) is 0 Å². The fourth-order valence-electron chi connectivity index (χ4n) is 2.69. The number of rotatable bonds is 4. The predicted molar refractivity (Wildman–Crippen MR) is 95.7 cm³/mol. The average molecular weight is 350 g/mol. The van der Waals surface area contributed by atoms with E-state index in [4.69, 9.17) is 9.47 Å². The lowest BCUT2D eigenvalue weighted by Gasteiger charge is -2.13. The van der Waals surface area contributed by atoms with E-state index >= 15 is 0 Å². The molecule has 0 aliphatic rings. The van der Waals surface area contributed by atoms with Gasteiger partial charge in [0.1, 0.15) is 28.9 Å². The van der Waals surface area contributed by atoms with Gasteiger partial charge in [0.25, 0.3) is 5.56 Å². The van der Waals surface area contributed by atoms with E-state index in [1.54, 1.807) is 36.4 Å². The van der Waals surface area contributed by atoms with Gasteiger partial charge < -0.3 is 14.5 Å². The molecule has 0 aliphatic carbocycles. The van der Waals surface area contributed by atoms with Gasteiger partial charge in [0, 0.05) is 22.9 Å². The molecule has 5 nitrogen and oxygen atoms in total. The van der Waals surface area contributed by atoms with Crippen molar-refractivity contribution in [2.24, 2.45) is 0 Å². The number of H-pyrrole nitrogens is 1. The van der Waals surface area contributed by atoms with Crippen molar-refractivity contribution in [3.63, 3.8) is 0 Å². The second-order valence-electron chi connectivity index (χ2n) is 5.49. The molecule has 1 heterocycles. The summed E-state index contributed by atoms with van der Waals surface area (Å²) in [6, 6.07) is 14.5. The van der Waals surface area contributed by atoms with Crippen LogP contribution in [0.15, 0.2) is 53.3 Å². The van der Waals surface area contributed by atoms with Gasteiger partial charge in [-0.05, 0) is 48.0 Å². The minimum absolute atomic E-state index is 0.0284. The van der Waals surface area contributed by atoms with Crippen LogP contribution in [0.1, 0.15) is 5.56 Å². The molecule has 130 valence electrons. The lowest BCUT2D eigenvalue weighted by molar-refractivity contribution is 0.395. The Morgan fingerprint density at radius 3 is 2.35 bits per heavy atom. The van der Waals surface area contributed by atoms with E-state index in [1.807, 2.05) is 6.07 Å². The highest BCUT2D eigenvalue weighted by atomic mass is 19.1. The van der Waals surface area contributed by atoms with Crippen molar-refractivity contribution >= 4 is 0 Å². The van der Waals surface area contributed by atoms with E-state index in [0.29, 0.717) is 33.9 Å². The number of methoxy groups -OCH3 is 2. The van der Waals surface area contributed by atoms with Crippen molar-refractivity contribution in [1.29, 1.82) is 5.26 Å². The Hall–Kier alpha value is -3.59. The Bertz CT molecular complexity index is 1050. The largest absolute Gasteiger partial charge is 0.497 e. The number of nitriles is 1. The summed E-state index contributed by atoms with van der Waals surface area (Å²) < 4.78 is 23.7. The molecule has 0 atom stereocenters. The van der Waals surface area contributed by atoms with Crippen LogP contribution in [0.5, 0.6) is 11.5 Å². The Labute approximate surface area is 149 Å². The molecular formula is C20H15FN2O3. The minimum atomic E-state index is -0.526. The number of ether oxygens (including phenoxy) is 2. The first kappa shape index (κ1) is 17.2. The van der Waals surface area contributed by atoms with E-state index in [9.17, 15) is 14.4 Å². The normalized spacial score (nSPS) is 10.2. The molecule has 0 aliphatic heterocycles. The highest BCUT2D eigenvalue weighted by Crippen LogP contribution is 2.35. The lowest BCUT2D eigenvalue weighted by atomic mass is 9.98. The molecule has 1 N–H and O–H groups in total. The molecule has 0 amide bonds. The summed E-state index contributed by atoms with van der Waals surface area (Å²) in [5, 5.41) is 9.44. The standard InChI is InChI=1S/C20H15FN2O3/c1-25-14-7-8-15(19(9-14)26-2)16-10-18(23-20(24)17(16)11-22)12-3-5-13(21)6-4-12/h3-10H,1-2H3,(H,23,24). The quantitative estimate of drug-likeness (QED) is 0.778. The number of halogens is 1. The minimum Gasteiger partial charge on any atom is -0.497 e. The zero-order valence-corrected chi connectivity index (χ0v) is 14.2. The number of pyridine rings is 1. The van der Waals surface area contributed by atoms with Crippen LogP contribution >= 0.6 is 0 Å². The third-order valence-corrected chi connectivity index (χ3v) is 4.00. The Balaban J connectivity index is 2.25. The van der Waals surface area contributed by atoms with Crippen LogP contribution in [-0.4, -0.2) is 19.2 Å². The summed E-state index contributed by atoms with van der Waals surface area (Å²) in [6.45, 7) is 0. The van der Waals surface area contributed by atoms with Crippen molar-refractivity contribution in [1.82, 2.24) is 4.98 Å².